The summed E-state index contributed by atoms with van der Waals surface area (Å²) in [6.07, 6.45) is -4.81. The van der Waals surface area contributed by atoms with Crippen molar-refractivity contribution < 1.29 is 51.7 Å². The van der Waals surface area contributed by atoms with E-state index in [-0.39, 0.29) is 24.2 Å². The zero-order chi connectivity index (χ0) is 38.8. The zero-order valence-corrected chi connectivity index (χ0v) is 30.5. The highest BCUT2D eigenvalue weighted by molar-refractivity contribution is 7.22. The van der Waals surface area contributed by atoms with Crippen molar-refractivity contribution in [1.82, 2.24) is 14.7 Å². The van der Waals surface area contributed by atoms with Gasteiger partial charge in [-0.2, -0.15) is 10.00 Å². The van der Waals surface area contributed by atoms with Crippen molar-refractivity contribution >= 4 is 68.6 Å². The molecular weight excluding hydrogens is 753 g/mol. The molecule has 2 aromatic heterocycles. The highest BCUT2D eigenvalue weighted by atomic mass is 35.5. The number of amides is 5. The number of fused-ring (bicyclic) bond motifs is 5. The van der Waals surface area contributed by atoms with Crippen molar-refractivity contribution in [2.75, 3.05) is 12.0 Å². The second-order valence-electron chi connectivity index (χ2n) is 14.1. The molecule has 12 nitrogen and oxygen atoms in total. The number of methoxy groups -OCH3 is 1. The van der Waals surface area contributed by atoms with Gasteiger partial charge in [-0.05, 0) is 80.0 Å². The number of halogens is 4. The molecule has 1 N–H and O–H groups in total. The predicted molar refractivity (Wildman–Crippen MR) is 187 cm³/mol. The normalized spacial score (nSPS) is 26.6. The Morgan fingerprint density at radius 1 is 1.06 bits per heavy atom. The molecule has 2 aromatic carbocycles. The Balaban J connectivity index is 1.27. The number of phenolic OH excluding ortho intramolecular Hbond substituents is 1. The van der Waals surface area contributed by atoms with E-state index < -0.39 is 82.6 Å². The molecule has 2 aliphatic heterocycles. The Morgan fingerprint density at radius 2 is 1.80 bits per heavy atom. The molecule has 17 heteroatoms. The third-order valence-corrected chi connectivity index (χ3v) is 12.9. The zero-order valence-electron chi connectivity index (χ0n) is 28.9. The average Bonchev–Trinajstić information content (AvgIpc) is 3.78. The molecule has 54 heavy (non-hydrogen) atoms. The monoisotopic (exact) mass is 782 g/mol. The van der Waals surface area contributed by atoms with Crippen LogP contribution in [-0.4, -0.2) is 63.0 Å². The van der Waals surface area contributed by atoms with Crippen LogP contribution in [-0.2, 0) is 31.0 Å². The number of alkyl halides is 3. The lowest BCUT2D eigenvalue weighted by atomic mass is 9.51. The van der Waals surface area contributed by atoms with E-state index in [1.54, 1.807) is 25.3 Å². The molecule has 0 spiro atoms. The summed E-state index contributed by atoms with van der Waals surface area (Å²) in [5.74, 6) is -9.55. The van der Waals surface area contributed by atoms with Crippen LogP contribution < -0.4 is 9.64 Å². The molecule has 4 aromatic rings. The summed E-state index contributed by atoms with van der Waals surface area (Å²) < 4.78 is 51.5. The van der Waals surface area contributed by atoms with Crippen molar-refractivity contribution in [3.05, 3.63) is 70.3 Å². The summed E-state index contributed by atoms with van der Waals surface area (Å²) in [4.78, 5) is 71.6. The van der Waals surface area contributed by atoms with E-state index in [1.165, 1.54) is 22.9 Å². The van der Waals surface area contributed by atoms with Gasteiger partial charge in [-0.1, -0.05) is 23.3 Å². The van der Waals surface area contributed by atoms with Gasteiger partial charge in [0.25, 0.3) is 0 Å². The highest BCUT2D eigenvalue weighted by Gasteiger charge is 2.68. The fourth-order valence-corrected chi connectivity index (χ4v) is 10.3. The van der Waals surface area contributed by atoms with E-state index in [2.05, 4.69) is 9.84 Å². The first-order valence-corrected chi connectivity index (χ1v) is 18.0. The SMILES string of the molecule is COC(=O)N1C(=O)C2CC=C3C(CC4C(=O)N(c5cc(-c6sc7ccc(Cl)cc7c6C)nn5C)C(=O)C4(C)C3c3cc(OC(F)(F)F)ccc3O)C2C1=O. The first kappa shape index (κ1) is 35.8. The van der Waals surface area contributed by atoms with Crippen LogP contribution in [0, 0.1) is 36.0 Å². The molecule has 6 atom stereocenters. The van der Waals surface area contributed by atoms with E-state index in [1.807, 2.05) is 19.1 Å². The van der Waals surface area contributed by atoms with Crippen molar-refractivity contribution in [1.29, 1.82) is 0 Å². The van der Waals surface area contributed by atoms with Gasteiger partial charge >= 0.3 is 12.5 Å². The molecule has 280 valence electrons. The maximum atomic E-state index is 15.0. The predicted octanol–water partition coefficient (Wildman–Crippen LogP) is 6.86. The summed E-state index contributed by atoms with van der Waals surface area (Å²) in [5, 5.41) is 17.4. The number of aryl methyl sites for hydroxylation is 2. The molecule has 0 bridgehead atoms. The first-order chi connectivity index (χ1) is 25.5. The molecular formula is C37H30ClF3N4O8S. The molecule has 0 radical (unpaired) electrons. The van der Waals surface area contributed by atoms with Crippen LogP contribution in [0.1, 0.15) is 36.8 Å². The summed E-state index contributed by atoms with van der Waals surface area (Å²) in [7, 11) is 2.59. The standard InChI is InChI=1S/C37H30ClF3N4O8S/c1-15-20-11-16(38)5-10-26(20)54-30(15)24-14-27(43(3)42-24)44-32(48)23-13-21-18(7-8-19-28(21)33(49)45(31(19)47)35(51)52-4)29(36(23,2)34(44)50)22-12-17(6-9-25(22)46)53-37(39,40)41/h5-7,9-12,14,19,21,23,28-29,46H,8,13H2,1-4H3. The molecule has 4 aliphatic rings. The molecule has 1 saturated carbocycles. The number of aromatic hydroxyl groups is 1. The number of thiophene rings is 1. The van der Waals surface area contributed by atoms with E-state index in [0.717, 1.165) is 50.7 Å². The lowest BCUT2D eigenvalue weighted by molar-refractivity contribution is -0.274. The van der Waals surface area contributed by atoms with E-state index in [9.17, 15) is 42.3 Å². The van der Waals surface area contributed by atoms with E-state index >= 15 is 0 Å². The Kier molecular flexibility index (Phi) is 8.05. The summed E-state index contributed by atoms with van der Waals surface area (Å²) >= 11 is 7.71. The summed E-state index contributed by atoms with van der Waals surface area (Å²) in [5.41, 5.74) is -0.126. The van der Waals surface area contributed by atoms with Crippen LogP contribution >= 0.6 is 22.9 Å². The van der Waals surface area contributed by atoms with Gasteiger partial charge < -0.3 is 14.6 Å². The van der Waals surface area contributed by atoms with Gasteiger partial charge in [0, 0.05) is 34.3 Å². The molecule has 4 heterocycles. The average molecular weight is 783 g/mol. The Bertz CT molecular complexity index is 2390. The molecule has 3 fully saturated rings. The maximum Gasteiger partial charge on any atom is 0.573 e. The minimum atomic E-state index is -5.09. The number of anilines is 1. The number of hydrogen-bond donors (Lipinski definition) is 1. The number of ether oxygens (including phenoxy) is 2. The van der Waals surface area contributed by atoms with Gasteiger partial charge in [-0.3, -0.25) is 23.9 Å². The topological polar surface area (TPSA) is 148 Å². The Hall–Kier alpha value is -5.22. The number of carbonyl (C=O) groups excluding carboxylic acids is 5. The number of nitrogens with zero attached hydrogens (tertiary/aromatic N) is 4. The van der Waals surface area contributed by atoms with Gasteiger partial charge in [0.05, 0.1) is 35.2 Å². The minimum absolute atomic E-state index is 0.0536. The van der Waals surface area contributed by atoms with Crippen LogP contribution in [0.3, 0.4) is 0 Å². The molecule has 5 amide bonds. The van der Waals surface area contributed by atoms with Gasteiger partial charge in [0.2, 0.25) is 23.6 Å². The minimum Gasteiger partial charge on any atom is -0.508 e. The number of phenols is 1. The number of aromatic nitrogens is 2. The second kappa shape index (κ2) is 12.1. The van der Waals surface area contributed by atoms with Crippen molar-refractivity contribution in [2.45, 2.75) is 39.0 Å². The fraction of sp³-hybridized carbons (Fsp3) is 0.351. The lowest BCUT2D eigenvalue weighted by Crippen LogP contribution is -2.49. The van der Waals surface area contributed by atoms with Crippen molar-refractivity contribution in [3.8, 4) is 22.1 Å². The number of likely N-dealkylation sites (tertiary alicyclic amines) is 1. The van der Waals surface area contributed by atoms with Crippen LogP contribution in [0.5, 0.6) is 11.5 Å². The number of hydrogen-bond acceptors (Lipinski definition) is 10. The third kappa shape index (κ3) is 5.09. The van der Waals surface area contributed by atoms with Crippen LogP contribution in [0.2, 0.25) is 5.02 Å². The van der Waals surface area contributed by atoms with Crippen molar-refractivity contribution in [2.24, 2.45) is 36.1 Å². The van der Waals surface area contributed by atoms with E-state index in [4.69, 9.17) is 16.3 Å². The Labute approximate surface area is 313 Å². The Morgan fingerprint density at radius 3 is 2.50 bits per heavy atom. The van der Waals surface area contributed by atoms with Crippen molar-refractivity contribution in [3.63, 3.8) is 0 Å². The maximum absolute atomic E-state index is 15.0. The van der Waals surface area contributed by atoms with Crippen LogP contribution in [0.4, 0.5) is 23.8 Å². The highest BCUT2D eigenvalue weighted by Crippen LogP contribution is 2.64. The summed E-state index contributed by atoms with van der Waals surface area (Å²) in [6.45, 7) is 3.43. The van der Waals surface area contributed by atoms with Gasteiger partial charge in [0.15, 0.2) is 0 Å². The molecule has 6 unspecified atom stereocenters. The fourth-order valence-electron chi connectivity index (χ4n) is 9.03. The van der Waals surface area contributed by atoms with Gasteiger partial charge in [-0.25, -0.2) is 9.69 Å². The first-order valence-electron chi connectivity index (χ1n) is 16.8. The van der Waals surface area contributed by atoms with Crippen LogP contribution in [0.25, 0.3) is 20.7 Å². The number of carbonyl (C=O) groups is 5. The molecule has 2 saturated heterocycles. The summed E-state index contributed by atoms with van der Waals surface area (Å²) in [6, 6.07) is 9.99. The molecule has 2 aliphatic carbocycles. The number of allylic oxidation sites excluding steroid dienone is 2. The van der Waals surface area contributed by atoms with Gasteiger partial charge in [0.1, 0.15) is 23.0 Å². The smallest absolute Gasteiger partial charge is 0.508 e. The number of benzene rings is 2. The molecule has 8 rings (SSSR count). The second-order valence-corrected chi connectivity index (χ2v) is 15.6. The third-order valence-electron chi connectivity index (χ3n) is 11.4. The van der Waals surface area contributed by atoms with Crippen LogP contribution in [0.15, 0.2) is 54.1 Å². The number of imide groups is 4. The van der Waals surface area contributed by atoms with Gasteiger partial charge in [-0.15, -0.1) is 24.5 Å². The largest absolute Gasteiger partial charge is 0.573 e. The van der Waals surface area contributed by atoms with E-state index in [0.29, 0.717) is 21.2 Å². The quantitative estimate of drug-likeness (QED) is 0.173. The lowest BCUT2D eigenvalue weighted by Gasteiger charge is -2.49. The number of rotatable bonds is 4.